The van der Waals surface area contributed by atoms with Gasteiger partial charge in [-0.3, -0.25) is 9.69 Å². The molecular formula is C33H44N2OP+. The first-order valence-electron chi connectivity index (χ1n) is 14.0. The first kappa shape index (κ1) is 27.6. The summed E-state index contributed by atoms with van der Waals surface area (Å²) < 4.78 is 0. The van der Waals surface area contributed by atoms with Crippen LogP contribution in [-0.4, -0.2) is 53.6 Å². The van der Waals surface area contributed by atoms with Gasteiger partial charge in [-0.25, -0.2) is 0 Å². The van der Waals surface area contributed by atoms with E-state index in [1.807, 2.05) is 0 Å². The molecule has 0 atom stereocenters. The van der Waals surface area contributed by atoms with E-state index in [0.29, 0.717) is 12.3 Å². The van der Waals surface area contributed by atoms with Crippen LogP contribution in [0.5, 0.6) is 0 Å². The van der Waals surface area contributed by atoms with E-state index in [1.165, 1.54) is 28.8 Å². The number of amides is 1. The zero-order valence-corrected chi connectivity index (χ0v) is 23.9. The molecule has 0 aromatic heterocycles. The second-order valence-electron chi connectivity index (χ2n) is 11.2. The predicted molar refractivity (Wildman–Crippen MR) is 161 cm³/mol. The average molecular weight is 516 g/mol. The highest BCUT2D eigenvalue weighted by molar-refractivity contribution is 7.95. The highest BCUT2D eigenvalue weighted by Gasteiger charge is 2.44. The van der Waals surface area contributed by atoms with Crippen molar-refractivity contribution >= 4 is 29.1 Å². The van der Waals surface area contributed by atoms with Crippen LogP contribution >= 0.6 is 7.26 Å². The van der Waals surface area contributed by atoms with Crippen LogP contribution in [0.4, 0.5) is 0 Å². The molecule has 196 valence electrons. The third-order valence-corrected chi connectivity index (χ3v) is 12.3. The maximum absolute atomic E-state index is 12.8. The van der Waals surface area contributed by atoms with Crippen molar-refractivity contribution in [2.45, 2.75) is 58.4 Å². The molecule has 1 aliphatic rings. The molecule has 3 aromatic carbocycles. The van der Waals surface area contributed by atoms with Crippen LogP contribution in [0.15, 0.2) is 91.0 Å². The molecule has 0 radical (unpaired) electrons. The Kier molecular flexibility index (Phi) is 9.57. The van der Waals surface area contributed by atoms with Gasteiger partial charge in [0.1, 0.15) is 23.2 Å². The number of rotatable bonds is 10. The number of carbonyl (C=O) groups excluding carboxylic acids is 1. The molecule has 1 fully saturated rings. The van der Waals surface area contributed by atoms with Crippen molar-refractivity contribution in [3.05, 3.63) is 91.0 Å². The highest BCUT2D eigenvalue weighted by atomic mass is 31.2. The summed E-state index contributed by atoms with van der Waals surface area (Å²) in [4.78, 5) is 17.4. The quantitative estimate of drug-likeness (QED) is 0.249. The van der Waals surface area contributed by atoms with Gasteiger partial charge in [0.05, 0.1) is 6.16 Å². The molecule has 0 spiro atoms. The second kappa shape index (κ2) is 12.9. The summed E-state index contributed by atoms with van der Waals surface area (Å²) in [6.07, 6.45) is 6.29. The first-order chi connectivity index (χ1) is 17.9. The summed E-state index contributed by atoms with van der Waals surface area (Å²) >= 11 is 0. The van der Waals surface area contributed by atoms with Gasteiger partial charge >= 0.3 is 0 Å². The monoisotopic (exact) mass is 515 g/mol. The molecule has 0 bridgehead atoms. The topological polar surface area (TPSA) is 23.6 Å². The Balaban J connectivity index is 1.36. The fraction of sp³-hybridized carbons (Fsp3) is 0.424. The molecule has 3 nitrogen and oxygen atoms in total. The molecule has 37 heavy (non-hydrogen) atoms. The summed E-state index contributed by atoms with van der Waals surface area (Å²) in [5, 5.41) is 4.37. The normalized spacial score (nSPS) is 15.1. The Hall–Kier alpha value is -2.48. The fourth-order valence-corrected chi connectivity index (χ4v) is 10.1. The average Bonchev–Trinajstić information content (AvgIpc) is 2.94. The van der Waals surface area contributed by atoms with E-state index in [9.17, 15) is 4.79 Å². The molecule has 1 aliphatic heterocycles. The number of nitrogens with zero attached hydrogens (tertiary/aromatic N) is 2. The number of unbranched alkanes of at least 4 members (excludes halogenated alkanes) is 3. The van der Waals surface area contributed by atoms with E-state index < -0.39 is 7.26 Å². The summed E-state index contributed by atoms with van der Waals surface area (Å²) in [7, 11) is -1.74. The fourth-order valence-electron chi connectivity index (χ4n) is 5.65. The zero-order chi connectivity index (χ0) is 26.1. The van der Waals surface area contributed by atoms with Crippen LogP contribution in [0.2, 0.25) is 0 Å². The Labute approximate surface area is 225 Å². The van der Waals surface area contributed by atoms with Crippen LogP contribution in [0.25, 0.3) is 0 Å². The molecule has 1 saturated heterocycles. The van der Waals surface area contributed by atoms with Crippen molar-refractivity contribution in [2.75, 3.05) is 32.3 Å². The molecule has 1 amide bonds. The molecule has 4 rings (SSSR count). The van der Waals surface area contributed by atoms with Gasteiger partial charge in [0.25, 0.3) is 0 Å². The summed E-state index contributed by atoms with van der Waals surface area (Å²) in [5.74, 6) is 0.341. The van der Waals surface area contributed by atoms with Crippen molar-refractivity contribution < 1.29 is 4.79 Å². The van der Waals surface area contributed by atoms with E-state index in [1.54, 1.807) is 0 Å². The summed E-state index contributed by atoms with van der Waals surface area (Å²) in [6.45, 7) is 10.5. The van der Waals surface area contributed by atoms with E-state index in [4.69, 9.17) is 0 Å². The minimum atomic E-state index is -1.74. The van der Waals surface area contributed by atoms with Gasteiger partial charge in [-0.2, -0.15) is 0 Å². The molecule has 0 N–H and O–H groups in total. The maximum Gasteiger partial charge on any atom is 0.222 e. The minimum Gasteiger partial charge on any atom is -0.340 e. The molecule has 4 heteroatoms. The van der Waals surface area contributed by atoms with Gasteiger partial charge in [-0.1, -0.05) is 61.0 Å². The van der Waals surface area contributed by atoms with Crippen LogP contribution in [0.1, 0.15) is 52.9 Å². The molecule has 0 aliphatic carbocycles. The van der Waals surface area contributed by atoms with Crippen LogP contribution in [0.3, 0.4) is 0 Å². The SMILES string of the molecule is CC(C)(C)N1CCN(C(=O)CCCCCC[P+](c2ccccc2)(c2ccccc2)c2ccccc2)CC1. The van der Waals surface area contributed by atoms with Crippen molar-refractivity contribution in [1.82, 2.24) is 9.80 Å². The zero-order valence-electron chi connectivity index (χ0n) is 23.0. The molecule has 0 saturated carbocycles. The third-order valence-electron chi connectivity index (χ3n) is 7.81. The summed E-state index contributed by atoms with van der Waals surface area (Å²) in [5.41, 5.74) is 0.187. The van der Waals surface area contributed by atoms with Crippen molar-refractivity contribution in [2.24, 2.45) is 0 Å². The van der Waals surface area contributed by atoms with Gasteiger partial charge in [0, 0.05) is 38.1 Å². The lowest BCUT2D eigenvalue weighted by molar-refractivity contribution is -0.133. The Bertz CT molecular complexity index is 991. The van der Waals surface area contributed by atoms with Crippen LogP contribution in [-0.2, 0) is 4.79 Å². The number of hydrogen-bond acceptors (Lipinski definition) is 2. The van der Waals surface area contributed by atoms with Crippen LogP contribution in [0, 0.1) is 0 Å². The number of piperazine rings is 1. The lowest BCUT2D eigenvalue weighted by atomic mass is 10.0. The van der Waals surface area contributed by atoms with E-state index in [-0.39, 0.29) is 5.54 Å². The van der Waals surface area contributed by atoms with Crippen molar-refractivity contribution in [1.29, 1.82) is 0 Å². The lowest BCUT2D eigenvalue weighted by Gasteiger charge is -2.42. The van der Waals surface area contributed by atoms with Gasteiger partial charge < -0.3 is 4.90 Å². The minimum absolute atomic E-state index is 0.187. The largest absolute Gasteiger partial charge is 0.340 e. The third kappa shape index (κ3) is 6.89. The van der Waals surface area contributed by atoms with E-state index in [2.05, 4.69) is 122 Å². The lowest BCUT2D eigenvalue weighted by Crippen LogP contribution is -2.54. The maximum atomic E-state index is 12.8. The van der Waals surface area contributed by atoms with Gasteiger partial charge in [0.2, 0.25) is 5.91 Å². The Morgan fingerprint density at radius 2 is 1.08 bits per heavy atom. The molecule has 0 unspecified atom stereocenters. The second-order valence-corrected chi connectivity index (χ2v) is 14.9. The first-order valence-corrected chi connectivity index (χ1v) is 16.0. The smallest absolute Gasteiger partial charge is 0.222 e. The molecule has 1 heterocycles. The Morgan fingerprint density at radius 1 is 0.649 bits per heavy atom. The number of carbonyl (C=O) groups is 1. The highest BCUT2D eigenvalue weighted by Crippen LogP contribution is 2.56. The number of benzene rings is 3. The molecular weight excluding hydrogens is 471 g/mol. The van der Waals surface area contributed by atoms with Gasteiger partial charge in [-0.05, 0) is 76.4 Å². The van der Waals surface area contributed by atoms with E-state index in [0.717, 1.165) is 45.2 Å². The van der Waals surface area contributed by atoms with Crippen molar-refractivity contribution in [3.8, 4) is 0 Å². The standard InChI is InChI=1S/C33H44N2OP/c1-33(2,3)35-26-24-34(25-27-35)32(36)23-15-4-5-16-28-37(29-17-9-6-10-18-29,30-19-11-7-12-20-30)31-21-13-8-14-22-31/h6-14,17-22H,4-5,15-16,23-28H2,1-3H3/q+1. The van der Waals surface area contributed by atoms with Crippen molar-refractivity contribution in [3.63, 3.8) is 0 Å². The van der Waals surface area contributed by atoms with E-state index >= 15 is 0 Å². The van der Waals surface area contributed by atoms with Gasteiger partial charge in [0.15, 0.2) is 0 Å². The van der Waals surface area contributed by atoms with Crippen LogP contribution < -0.4 is 15.9 Å². The predicted octanol–water partition coefficient (Wildman–Crippen LogP) is 5.87. The summed E-state index contributed by atoms with van der Waals surface area (Å²) in [6, 6.07) is 33.4. The Morgan fingerprint density at radius 3 is 1.51 bits per heavy atom. The number of hydrogen-bond donors (Lipinski definition) is 0. The molecule has 3 aromatic rings. The van der Waals surface area contributed by atoms with Gasteiger partial charge in [-0.15, -0.1) is 0 Å².